The summed E-state index contributed by atoms with van der Waals surface area (Å²) in [5, 5.41) is 0. The van der Waals surface area contributed by atoms with Gasteiger partial charge in [-0.3, -0.25) is 0 Å². The van der Waals surface area contributed by atoms with Gasteiger partial charge in [0.1, 0.15) is 0 Å². The van der Waals surface area contributed by atoms with Crippen molar-refractivity contribution in [2.24, 2.45) is 0 Å². The molecule has 3 heteroatoms. The molecule has 0 aromatic carbocycles. The van der Waals surface area contributed by atoms with Crippen LogP contribution in [0.25, 0.3) is 0 Å². The normalized spacial score (nSPS) is 0. The van der Waals surface area contributed by atoms with Gasteiger partial charge in [-0.2, -0.15) is 0 Å². The molecular formula is C2H7Rb2S-. The number of thiol groups is 1. The van der Waals surface area contributed by atoms with Crippen molar-refractivity contribution < 1.29 is 116 Å². The van der Waals surface area contributed by atoms with Crippen LogP contribution in [0.5, 0.6) is 0 Å². The van der Waals surface area contributed by atoms with Crippen LogP contribution in [0, 0.1) is 14.9 Å². The first kappa shape index (κ1) is 36.2. The van der Waals surface area contributed by atoms with Gasteiger partial charge in [0.2, 0.25) is 0 Å². The molecule has 0 aliphatic heterocycles. The van der Waals surface area contributed by atoms with Gasteiger partial charge in [-0.05, 0) is 0 Å². The van der Waals surface area contributed by atoms with Crippen LogP contribution >= 0.6 is 0 Å². The van der Waals surface area contributed by atoms with Gasteiger partial charge in [0.05, 0.1) is 0 Å². The summed E-state index contributed by atoms with van der Waals surface area (Å²) in [7, 11) is 0. The average Bonchev–Trinajstić information content (AvgIpc) is 0. The fraction of sp³-hybridized carbons (Fsp3) is 0. The molecule has 0 spiro atoms. The van der Waals surface area contributed by atoms with Gasteiger partial charge in [0.25, 0.3) is 0 Å². The molecule has 0 unspecified atom stereocenters. The summed E-state index contributed by atoms with van der Waals surface area (Å²) in [6, 6.07) is 0. The van der Waals surface area contributed by atoms with Crippen LogP contribution in [-0.2, 0) is 13.5 Å². The SMILES string of the molecule is [CH3-].[CH3-].[Rb+].[Rb+].[SH-]. The Morgan fingerprint density at radius 2 is 0.600 bits per heavy atom. The molecule has 0 nitrogen and oxygen atoms in total. The molecule has 0 saturated heterocycles. The Bertz CT molecular complexity index is 7.61. The Hall–Kier alpha value is 3.96. The van der Waals surface area contributed by atoms with E-state index in [2.05, 4.69) is 0 Å². The minimum Gasteiger partial charge on any atom is -0.813 e. The summed E-state index contributed by atoms with van der Waals surface area (Å²) in [5.74, 6) is 0. The Labute approximate surface area is 140 Å². The average molecular weight is 234 g/mol. The van der Waals surface area contributed by atoms with Crippen molar-refractivity contribution in [3.8, 4) is 0 Å². The van der Waals surface area contributed by atoms with E-state index in [9.17, 15) is 0 Å². The first-order chi connectivity index (χ1) is 0. The van der Waals surface area contributed by atoms with Crippen molar-refractivity contribution in [1.29, 1.82) is 0 Å². The maximum Gasteiger partial charge on any atom is 1.00 e. The molecule has 0 bridgehead atoms. The number of hydrogen-bond donors (Lipinski definition) is 0. The van der Waals surface area contributed by atoms with Gasteiger partial charge in [-0.25, -0.2) is 0 Å². The van der Waals surface area contributed by atoms with Crippen molar-refractivity contribution in [3.05, 3.63) is 14.9 Å². The van der Waals surface area contributed by atoms with E-state index in [-0.39, 0.29) is 145 Å². The number of hydrogen-bond acceptors (Lipinski definition) is 1. The van der Waals surface area contributed by atoms with Gasteiger partial charge >= 0.3 is 116 Å². The molecule has 24 valence electrons. The summed E-state index contributed by atoms with van der Waals surface area (Å²) >= 11 is 0. The monoisotopic (exact) mass is 233 g/mol. The zero-order chi connectivity index (χ0) is 0. The third-order valence-corrected chi connectivity index (χ3v) is 0. The fourth-order valence-electron chi connectivity index (χ4n) is 0. The predicted octanol–water partition coefficient (Wildman–Crippen LogP) is -5.36. The molecule has 0 aliphatic rings. The van der Waals surface area contributed by atoms with E-state index in [1.165, 1.54) is 0 Å². The fourth-order valence-corrected chi connectivity index (χ4v) is 0. The second-order valence-electron chi connectivity index (χ2n) is 0. The zero-order valence-corrected chi connectivity index (χ0v) is 15.2. The molecule has 0 heterocycles. The maximum atomic E-state index is 0. The first-order valence-electron chi connectivity index (χ1n) is 0. The van der Waals surface area contributed by atoms with Gasteiger partial charge in [0.15, 0.2) is 0 Å². The minimum atomic E-state index is 0. The van der Waals surface area contributed by atoms with E-state index < -0.39 is 0 Å². The Kier molecular flexibility index (Phi) is 178. The Morgan fingerprint density at radius 3 is 0.600 bits per heavy atom. The second-order valence-corrected chi connectivity index (χ2v) is 0. The van der Waals surface area contributed by atoms with E-state index in [1.54, 1.807) is 0 Å². The minimum absolute atomic E-state index is 0. The van der Waals surface area contributed by atoms with E-state index in [0.29, 0.717) is 0 Å². The van der Waals surface area contributed by atoms with Crippen LogP contribution in [0.4, 0.5) is 0 Å². The van der Waals surface area contributed by atoms with Crippen LogP contribution in [0.15, 0.2) is 0 Å². The molecule has 5 heavy (non-hydrogen) atoms. The molecule has 0 rings (SSSR count). The molecule has 0 N–H and O–H groups in total. The largest absolute Gasteiger partial charge is 1.00 e. The quantitative estimate of drug-likeness (QED) is 0.229. The smallest absolute Gasteiger partial charge is 0.813 e. The first-order valence-corrected chi connectivity index (χ1v) is 0. The third-order valence-electron chi connectivity index (χ3n) is 0. The topological polar surface area (TPSA) is 0 Å². The molecule has 0 saturated carbocycles. The van der Waals surface area contributed by atoms with E-state index in [0.717, 1.165) is 0 Å². The predicted molar refractivity (Wildman–Crippen MR) is 21.6 cm³/mol. The van der Waals surface area contributed by atoms with Crippen molar-refractivity contribution in [2.45, 2.75) is 0 Å². The third kappa shape index (κ3) is 18.0. The number of rotatable bonds is 0. The molecular weight excluding hydrogens is 227 g/mol. The van der Waals surface area contributed by atoms with Gasteiger partial charge in [-0.1, -0.05) is 0 Å². The van der Waals surface area contributed by atoms with E-state index >= 15 is 0 Å². The Balaban J connectivity index is 0. The standard InChI is InChI=1S/2CH3.2Rb.H2S/h2*1H3;;;1H2/q2*-1;2*+1;/p-1. The van der Waals surface area contributed by atoms with Crippen molar-refractivity contribution >= 4 is 13.5 Å². The molecule has 0 aromatic rings. The van der Waals surface area contributed by atoms with Crippen molar-refractivity contribution in [3.63, 3.8) is 0 Å². The van der Waals surface area contributed by atoms with Crippen LogP contribution in [0.2, 0.25) is 0 Å². The Morgan fingerprint density at radius 1 is 0.600 bits per heavy atom. The summed E-state index contributed by atoms with van der Waals surface area (Å²) in [4.78, 5) is 0. The van der Waals surface area contributed by atoms with Gasteiger partial charge < -0.3 is 28.3 Å². The van der Waals surface area contributed by atoms with Gasteiger partial charge in [-0.15, -0.1) is 0 Å². The second kappa shape index (κ2) is 24.6. The summed E-state index contributed by atoms with van der Waals surface area (Å²) < 4.78 is 0. The van der Waals surface area contributed by atoms with Crippen molar-refractivity contribution in [2.75, 3.05) is 0 Å². The summed E-state index contributed by atoms with van der Waals surface area (Å²) in [5.41, 5.74) is 0. The molecule has 0 amide bonds. The van der Waals surface area contributed by atoms with Crippen LogP contribution in [-0.4, -0.2) is 0 Å². The molecule has 0 radical (unpaired) electrons. The van der Waals surface area contributed by atoms with Crippen LogP contribution in [0.3, 0.4) is 0 Å². The van der Waals surface area contributed by atoms with E-state index in [4.69, 9.17) is 0 Å². The molecule has 0 atom stereocenters. The summed E-state index contributed by atoms with van der Waals surface area (Å²) in [6.45, 7) is 0. The van der Waals surface area contributed by atoms with Gasteiger partial charge in [0, 0.05) is 0 Å². The molecule has 0 aliphatic carbocycles. The van der Waals surface area contributed by atoms with Crippen LogP contribution in [0.1, 0.15) is 0 Å². The summed E-state index contributed by atoms with van der Waals surface area (Å²) in [6.07, 6.45) is 0. The zero-order valence-electron chi connectivity index (χ0n) is 4.45. The van der Waals surface area contributed by atoms with Crippen LogP contribution < -0.4 is 116 Å². The molecule has 0 fully saturated rings. The molecule has 0 aromatic heterocycles. The maximum absolute atomic E-state index is 0. The van der Waals surface area contributed by atoms with E-state index in [1.807, 2.05) is 0 Å². The van der Waals surface area contributed by atoms with Crippen molar-refractivity contribution in [1.82, 2.24) is 0 Å².